The van der Waals surface area contributed by atoms with Crippen LogP contribution in [0.1, 0.15) is 39.7 Å². The number of hydrogen-bond donors (Lipinski definition) is 1. The Morgan fingerprint density at radius 1 is 1.04 bits per heavy atom. The molecule has 1 aliphatic rings. The van der Waals surface area contributed by atoms with Crippen molar-refractivity contribution >= 4 is 17.1 Å². The van der Waals surface area contributed by atoms with Crippen LogP contribution in [0.3, 0.4) is 0 Å². The highest BCUT2D eigenvalue weighted by Crippen LogP contribution is 2.37. The van der Waals surface area contributed by atoms with Gasteiger partial charge in [-0.2, -0.15) is 0 Å². The van der Waals surface area contributed by atoms with Crippen LogP contribution in [0, 0.1) is 6.92 Å². The molecule has 128 valence electrons. The summed E-state index contributed by atoms with van der Waals surface area (Å²) < 4.78 is 38.8. The van der Waals surface area contributed by atoms with E-state index in [1.54, 1.807) is 24.3 Å². The predicted molar refractivity (Wildman–Crippen MR) is 91.9 cm³/mol. The molecule has 1 aromatic carbocycles. The second kappa shape index (κ2) is 6.55. The van der Waals surface area contributed by atoms with Gasteiger partial charge in [0, 0.05) is 6.54 Å². The zero-order chi connectivity index (χ0) is 17.3. The molecular weight excluding hydrogens is 313 g/mol. The quantitative estimate of drug-likeness (QED) is 0.639. The van der Waals surface area contributed by atoms with E-state index in [4.69, 9.17) is 9.31 Å². The van der Waals surface area contributed by atoms with Crippen LogP contribution in [0.25, 0.3) is 0 Å². The fourth-order valence-electron chi connectivity index (χ4n) is 2.36. The number of sulfonamides is 1. The number of hydrogen-bond acceptors (Lipinski definition) is 4. The van der Waals surface area contributed by atoms with Gasteiger partial charge in [0.15, 0.2) is 0 Å². The van der Waals surface area contributed by atoms with Crippen molar-refractivity contribution in [3.63, 3.8) is 0 Å². The van der Waals surface area contributed by atoms with E-state index in [2.05, 4.69) is 4.72 Å². The van der Waals surface area contributed by atoms with Gasteiger partial charge in [-0.1, -0.05) is 17.7 Å². The molecule has 1 fully saturated rings. The lowest BCUT2D eigenvalue weighted by Gasteiger charge is -2.32. The second-order valence-corrected chi connectivity index (χ2v) is 8.81. The van der Waals surface area contributed by atoms with E-state index < -0.39 is 10.0 Å². The van der Waals surface area contributed by atoms with Gasteiger partial charge in [-0.05, 0) is 59.5 Å². The molecule has 0 aromatic heterocycles. The van der Waals surface area contributed by atoms with Crippen molar-refractivity contribution in [3.8, 4) is 0 Å². The molecule has 7 heteroatoms. The standard InChI is InChI=1S/C16H26BNO4S/c1-13-7-9-14(10-8-13)23(19,20)18-12-6-11-17-21-15(2,3)16(4,5)22-17/h7-10,18H,6,11-12H2,1-5H3. The summed E-state index contributed by atoms with van der Waals surface area (Å²) >= 11 is 0. The van der Waals surface area contributed by atoms with Crippen molar-refractivity contribution in [3.05, 3.63) is 29.8 Å². The molecule has 23 heavy (non-hydrogen) atoms. The Kier molecular flexibility index (Phi) is 5.26. The van der Waals surface area contributed by atoms with Gasteiger partial charge < -0.3 is 9.31 Å². The average molecular weight is 339 g/mol. The van der Waals surface area contributed by atoms with E-state index >= 15 is 0 Å². The van der Waals surface area contributed by atoms with E-state index in [-0.39, 0.29) is 18.3 Å². The third kappa shape index (κ3) is 4.35. The topological polar surface area (TPSA) is 64.6 Å². The number of rotatable bonds is 6. The summed E-state index contributed by atoms with van der Waals surface area (Å²) in [6.07, 6.45) is 1.31. The third-order valence-electron chi connectivity index (χ3n) is 4.54. The lowest BCUT2D eigenvalue weighted by atomic mass is 9.83. The van der Waals surface area contributed by atoms with Crippen LogP contribution < -0.4 is 4.72 Å². The van der Waals surface area contributed by atoms with Crippen LogP contribution in [-0.4, -0.2) is 33.3 Å². The molecule has 1 N–H and O–H groups in total. The highest BCUT2D eigenvalue weighted by atomic mass is 32.2. The molecule has 0 radical (unpaired) electrons. The van der Waals surface area contributed by atoms with Crippen LogP contribution in [0.4, 0.5) is 0 Å². The van der Waals surface area contributed by atoms with Crippen molar-refractivity contribution in [1.29, 1.82) is 0 Å². The fraction of sp³-hybridized carbons (Fsp3) is 0.625. The minimum Gasteiger partial charge on any atom is -0.403 e. The van der Waals surface area contributed by atoms with E-state index in [0.29, 0.717) is 24.2 Å². The lowest BCUT2D eigenvalue weighted by molar-refractivity contribution is 0.00578. The molecule has 1 aliphatic heterocycles. The molecule has 0 atom stereocenters. The highest BCUT2D eigenvalue weighted by Gasteiger charge is 2.50. The number of benzene rings is 1. The first-order chi connectivity index (χ1) is 10.5. The molecular formula is C16H26BNO4S. The molecule has 0 aliphatic carbocycles. The highest BCUT2D eigenvalue weighted by molar-refractivity contribution is 7.89. The van der Waals surface area contributed by atoms with Crippen LogP contribution in [0.5, 0.6) is 0 Å². The molecule has 0 unspecified atom stereocenters. The summed E-state index contributed by atoms with van der Waals surface area (Å²) in [6.45, 7) is 10.3. The first kappa shape index (κ1) is 18.5. The first-order valence-electron chi connectivity index (χ1n) is 7.95. The van der Waals surface area contributed by atoms with Crippen LogP contribution >= 0.6 is 0 Å². The minimum atomic E-state index is -3.45. The summed E-state index contributed by atoms with van der Waals surface area (Å²) in [7, 11) is -3.74. The summed E-state index contributed by atoms with van der Waals surface area (Å²) in [5.74, 6) is 0. The van der Waals surface area contributed by atoms with Gasteiger partial charge in [0.05, 0.1) is 16.1 Å². The molecule has 5 nitrogen and oxygen atoms in total. The molecule has 2 rings (SSSR count). The summed E-state index contributed by atoms with van der Waals surface area (Å²) in [5.41, 5.74) is 0.336. The summed E-state index contributed by atoms with van der Waals surface area (Å²) in [6, 6.07) is 6.82. The maximum absolute atomic E-state index is 12.2. The Balaban J connectivity index is 1.81. The van der Waals surface area contributed by atoms with Gasteiger partial charge in [0.2, 0.25) is 10.0 Å². The molecule has 0 amide bonds. The summed E-state index contributed by atoms with van der Waals surface area (Å²) in [5, 5.41) is 0. The van der Waals surface area contributed by atoms with E-state index in [1.165, 1.54) is 0 Å². The Hall–Kier alpha value is -0.885. The van der Waals surface area contributed by atoms with Crippen molar-refractivity contribution in [1.82, 2.24) is 4.72 Å². The van der Waals surface area contributed by atoms with E-state index in [0.717, 1.165) is 5.56 Å². The van der Waals surface area contributed by atoms with Crippen molar-refractivity contribution < 1.29 is 17.7 Å². The zero-order valence-corrected chi connectivity index (χ0v) is 15.4. The normalized spacial score (nSPS) is 20.0. The van der Waals surface area contributed by atoms with Gasteiger partial charge in [-0.3, -0.25) is 0 Å². The van der Waals surface area contributed by atoms with Gasteiger partial charge in [-0.25, -0.2) is 13.1 Å². The third-order valence-corrected chi connectivity index (χ3v) is 6.02. The van der Waals surface area contributed by atoms with Gasteiger partial charge in [-0.15, -0.1) is 0 Å². The first-order valence-corrected chi connectivity index (χ1v) is 9.44. The zero-order valence-electron chi connectivity index (χ0n) is 14.5. The smallest absolute Gasteiger partial charge is 0.403 e. The molecule has 0 saturated carbocycles. The van der Waals surface area contributed by atoms with Crippen LogP contribution in [0.2, 0.25) is 6.32 Å². The maximum Gasteiger partial charge on any atom is 0.457 e. The van der Waals surface area contributed by atoms with Gasteiger partial charge in [0.1, 0.15) is 0 Å². The predicted octanol–water partition coefficient (Wildman–Crippen LogP) is 2.76. The fourth-order valence-corrected chi connectivity index (χ4v) is 3.43. The maximum atomic E-state index is 12.2. The SMILES string of the molecule is Cc1ccc(S(=O)(=O)NCCCB2OC(C)(C)C(C)(C)O2)cc1. The largest absolute Gasteiger partial charge is 0.457 e. The van der Waals surface area contributed by atoms with Gasteiger partial charge >= 0.3 is 7.12 Å². The lowest BCUT2D eigenvalue weighted by Crippen LogP contribution is -2.41. The van der Waals surface area contributed by atoms with E-state index in [1.807, 2.05) is 34.6 Å². The molecule has 0 bridgehead atoms. The summed E-state index contributed by atoms with van der Waals surface area (Å²) in [4.78, 5) is 0.290. The monoisotopic (exact) mass is 339 g/mol. The Morgan fingerprint density at radius 2 is 1.57 bits per heavy atom. The number of aryl methyl sites for hydroxylation is 1. The molecule has 1 heterocycles. The average Bonchev–Trinajstić information content (AvgIpc) is 2.63. The minimum absolute atomic E-state index is 0.288. The molecule has 1 aromatic rings. The Bertz CT molecular complexity index is 625. The second-order valence-electron chi connectivity index (χ2n) is 7.04. The number of nitrogens with one attached hydrogen (secondary N) is 1. The van der Waals surface area contributed by atoms with Crippen molar-refractivity contribution in [2.45, 2.75) is 63.5 Å². The molecule has 0 spiro atoms. The Morgan fingerprint density at radius 3 is 2.09 bits per heavy atom. The Labute approximate surface area is 140 Å². The van der Waals surface area contributed by atoms with Crippen LogP contribution in [-0.2, 0) is 19.3 Å². The van der Waals surface area contributed by atoms with Gasteiger partial charge in [0.25, 0.3) is 0 Å². The van der Waals surface area contributed by atoms with Crippen molar-refractivity contribution in [2.24, 2.45) is 0 Å². The molecule has 1 saturated heterocycles. The van der Waals surface area contributed by atoms with Crippen LogP contribution in [0.15, 0.2) is 29.2 Å². The van der Waals surface area contributed by atoms with E-state index in [9.17, 15) is 8.42 Å². The van der Waals surface area contributed by atoms with Crippen molar-refractivity contribution in [2.75, 3.05) is 6.54 Å².